The predicted octanol–water partition coefficient (Wildman–Crippen LogP) is 2.31. The first-order valence-corrected chi connectivity index (χ1v) is 4.84. The van der Waals surface area contributed by atoms with E-state index in [0.29, 0.717) is 14.2 Å². The molecule has 0 fully saturated rings. The van der Waals surface area contributed by atoms with Crippen LogP contribution in [0.5, 0.6) is 0 Å². The molecule has 0 aliphatic rings. The third-order valence-corrected chi connectivity index (χ3v) is 2.75. The van der Waals surface area contributed by atoms with Crippen molar-refractivity contribution in [3.05, 3.63) is 36.4 Å². The van der Waals surface area contributed by atoms with Gasteiger partial charge in [0, 0.05) is 17.6 Å². The first-order valence-electron chi connectivity index (χ1n) is 3.38. The standard InChI is InChI=1S/C7H6ClIN2O2/c8-5-2-6(9)7(11(12)13)1-4(5)3-10/h1-2H,3,10H2. The fourth-order valence-corrected chi connectivity index (χ4v) is 1.97. The molecule has 0 heterocycles. The molecule has 0 aliphatic heterocycles. The summed E-state index contributed by atoms with van der Waals surface area (Å²) in [5.74, 6) is 0. The molecule has 0 bridgehead atoms. The van der Waals surface area contributed by atoms with Crippen molar-refractivity contribution in [2.24, 2.45) is 5.73 Å². The van der Waals surface area contributed by atoms with Crippen LogP contribution in [0, 0.1) is 13.7 Å². The largest absolute Gasteiger partial charge is 0.326 e. The van der Waals surface area contributed by atoms with E-state index in [-0.39, 0.29) is 12.2 Å². The van der Waals surface area contributed by atoms with Crippen molar-refractivity contribution in [3.8, 4) is 0 Å². The Bertz CT molecular complexity index is 357. The van der Waals surface area contributed by atoms with Gasteiger partial charge in [0.2, 0.25) is 0 Å². The van der Waals surface area contributed by atoms with Crippen molar-refractivity contribution in [2.75, 3.05) is 0 Å². The Morgan fingerprint density at radius 2 is 2.23 bits per heavy atom. The highest BCUT2D eigenvalue weighted by Crippen LogP contribution is 2.27. The fourth-order valence-electron chi connectivity index (χ4n) is 0.877. The highest BCUT2D eigenvalue weighted by atomic mass is 127. The summed E-state index contributed by atoms with van der Waals surface area (Å²) in [5.41, 5.74) is 6.00. The molecule has 0 radical (unpaired) electrons. The van der Waals surface area contributed by atoms with Gasteiger partial charge in [-0.25, -0.2) is 0 Å². The minimum absolute atomic E-state index is 0.0467. The van der Waals surface area contributed by atoms with Gasteiger partial charge in [-0.15, -0.1) is 0 Å². The van der Waals surface area contributed by atoms with Crippen molar-refractivity contribution in [3.63, 3.8) is 0 Å². The molecule has 70 valence electrons. The molecule has 13 heavy (non-hydrogen) atoms. The number of nitro benzene ring substituents is 1. The van der Waals surface area contributed by atoms with Crippen LogP contribution in [0.25, 0.3) is 0 Å². The maximum Gasteiger partial charge on any atom is 0.283 e. The van der Waals surface area contributed by atoms with E-state index >= 15 is 0 Å². The normalized spacial score (nSPS) is 10.1. The lowest BCUT2D eigenvalue weighted by Gasteiger charge is -2.02. The van der Waals surface area contributed by atoms with Gasteiger partial charge >= 0.3 is 0 Å². The van der Waals surface area contributed by atoms with Crippen molar-refractivity contribution in [2.45, 2.75) is 6.54 Å². The third kappa shape index (κ3) is 2.29. The lowest BCUT2D eigenvalue weighted by Crippen LogP contribution is -2.00. The van der Waals surface area contributed by atoms with Gasteiger partial charge in [0.1, 0.15) is 0 Å². The third-order valence-electron chi connectivity index (χ3n) is 1.53. The minimum Gasteiger partial charge on any atom is -0.326 e. The van der Waals surface area contributed by atoms with E-state index in [0.717, 1.165) is 0 Å². The van der Waals surface area contributed by atoms with Crippen LogP contribution >= 0.6 is 34.2 Å². The van der Waals surface area contributed by atoms with E-state index in [1.807, 2.05) is 22.6 Å². The van der Waals surface area contributed by atoms with E-state index in [2.05, 4.69) is 0 Å². The van der Waals surface area contributed by atoms with Gasteiger partial charge in [-0.1, -0.05) is 11.6 Å². The van der Waals surface area contributed by atoms with Crippen LogP contribution in [0.3, 0.4) is 0 Å². The molecule has 0 atom stereocenters. The summed E-state index contributed by atoms with van der Waals surface area (Å²) in [6, 6.07) is 2.95. The SMILES string of the molecule is NCc1cc([N+](=O)[O-])c(I)cc1Cl. The zero-order valence-corrected chi connectivity index (χ0v) is 9.37. The van der Waals surface area contributed by atoms with E-state index in [1.165, 1.54) is 6.07 Å². The van der Waals surface area contributed by atoms with Crippen molar-refractivity contribution < 1.29 is 4.92 Å². The van der Waals surface area contributed by atoms with Crippen LogP contribution in [0.4, 0.5) is 5.69 Å². The molecule has 1 aromatic rings. The van der Waals surface area contributed by atoms with Gasteiger partial charge in [-0.3, -0.25) is 10.1 Å². The fraction of sp³-hybridized carbons (Fsp3) is 0.143. The molecular weight excluding hydrogens is 306 g/mol. The number of halogens is 2. The molecule has 0 unspecified atom stereocenters. The Morgan fingerprint density at radius 3 is 2.69 bits per heavy atom. The van der Waals surface area contributed by atoms with Gasteiger partial charge in [0.05, 0.1) is 8.49 Å². The van der Waals surface area contributed by atoms with Gasteiger partial charge in [-0.05, 0) is 34.2 Å². The Labute approximate surface area is 93.4 Å². The molecule has 6 heteroatoms. The number of benzene rings is 1. The summed E-state index contributed by atoms with van der Waals surface area (Å²) in [4.78, 5) is 10.1. The monoisotopic (exact) mass is 312 g/mol. The van der Waals surface area contributed by atoms with Gasteiger partial charge in [-0.2, -0.15) is 0 Å². The quantitative estimate of drug-likeness (QED) is 0.517. The van der Waals surface area contributed by atoms with Crippen LogP contribution in [0.2, 0.25) is 5.02 Å². The highest BCUT2D eigenvalue weighted by Gasteiger charge is 2.14. The minimum atomic E-state index is -0.447. The number of hydrogen-bond acceptors (Lipinski definition) is 3. The average molecular weight is 312 g/mol. The van der Waals surface area contributed by atoms with Crippen molar-refractivity contribution in [1.82, 2.24) is 0 Å². The van der Waals surface area contributed by atoms with E-state index in [1.54, 1.807) is 6.07 Å². The first-order chi connectivity index (χ1) is 6.06. The summed E-state index contributed by atoms with van der Waals surface area (Å²) >= 11 is 7.67. The molecule has 2 N–H and O–H groups in total. The molecular formula is C7H6ClIN2O2. The molecule has 0 amide bonds. The van der Waals surface area contributed by atoms with Crippen molar-refractivity contribution >= 4 is 39.9 Å². The molecule has 0 aromatic heterocycles. The number of nitrogens with zero attached hydrogens (tertiary/aromatic N) is 1. The van der Waals surface area contributed by atoms with Gasteiger partial charge in [0.15, 0.2) is 0 Å². The predicted molar refractivity (Wildman–Crippen MR) is 58.7 cm³/mol. The molecule has 0 saturated heterocycles. The smallest absolute Gasteiger partial charge is 0.283 e. The Kier molecular flexibility index (Phi) is 3.46. The number of nitro groups is 1. The molecule has 4 nitrogen and oxygen atoms in total. The zero-order valence-electron chi connectivity index (χ0n) is 6.46. The molecule has 1 rings (SSSR count). The van der Waals surface area contributed by atoms with Gasteiger partial charge < -0.3 is 5.73 Å². The lowest BCUT2D eigenvalue weighted by molar-refractivity contribution is -0.385. The summed E-state index contributed by atoms with van der Waals surface area (Å²) in [6.07, 6.45) is 0. The van der Waals surface area contributed by atoms with E-state index in [9.17, 15) is 10.1 Å². The van der Waals surface area contributed by atoms with Crippen LogP contribution < -0.4 is 5.73 Å². The summed E-state index contributed by atoms with van der Waals surface area (Å²) in [6.45, 7) is 0.205. The van der Waals surface area contributed by atoms with Crippen LogP contribution in [-0.2, 0) is 6.54 Å². The van der Waals surface area contributed by atoms with Crippen LogP contribution in [0.15, 0.2) is 12.1 Å². The first kappa shape index (κ1) is 10.7. The number of rotatable bonds is 2. The van der Waals surface area contributed by atoms with Crippen LogP contribution in [-0.4, -0.2) is 4.92 Å². The number of hydrogen-bond donors (Lipinski definition) is 1. The summed E-state index contributed by atoms with van der Waals surface area (Å²) in [5, 5.41) is 11.0. The maximum atomic E-state index is 10.5. The summed E-state index contributed by atoms with van der Waals surface area (Å²) < 4.78 is 0.518. The topological polar surface area (TPSA) is 69.2 Å². The lowest BCUT2D eigenvalue weighted by atomic mass is 10.2. The second kappa shape index (κ2) is 4.21. The van der Waals surface area contributed by atoms with E-state index in [4.69, 9.17) is 17.3 Å². The van der Waals surface area contributed by atoms with Crippen molar-refractivity contribution in [1.29, 1.82) is 0 Å². The molecule has 1 aromatic carbocycles. The zero-order chi connectivity index (χ0) is 10.0. The second-order valence-corrected chi connectivity index (χ2v) is 3.93. The maximum absolute atomic E-state index is 10.5. The van der Waals surface area contributed by atoms with Gasteiger partial charge in [0.25, 0.3) is 5.69 Å². The number of nitrogens with two attached hydrogens (primary N) is 1. The van der Waals surface area contributed by atoms with Crippen LogP contribution in [0.1, 0.15) is 5.56 Å². The highest BCUT2D eigenvalue weighted by molar-refractivity contribution is 14.1. The average Bonchev–Trinajstić information content (AvgIpc) is 2.03. The second-order valence-electron chi connectivity index (χ2n) is 2.36. The van der Waals surface area contributed by atoms with E-state index < -0.39 is 4.92 Å². The Hall–Kier alpha value is -0.400. The molecule has 0 spiro atoms. The Balaban J connectivity index is 3.30. The molecule has 0 aliphatic carbocycles. The molecule has 0 saturated carbocycles. The summed E-state index contributed by atoms with van der Waals surface area (Å²) in [7, 11) is 0. The Morgan fingerprint density at radius 1 is 1.62 bits per heavy atom.